The van der Waals surface area contributed by atoms with E-state index in [1.807, 2.05) is 0 Å². The summed E-state index contributed by atoms with van der Waals surface area (Å²) in [7, 11) is 0. The molecule has 3 unspecified atom stereocenters. The van der Waals surface area contributed by atoms with Gasteiger partial charge in [0, 0.05) is 25.2 Å². The lowest BCUT2D eigenvalue weighted by Crippen LogP contribution is -2.54. The highest BCUT2D eigenvalue weighted by molar-refractivity contribution is 4.91. The molecule has 0 aromatic carbocycles. The highest BCUT2D eigenvalue weighted by Gasteiger charge is 2.37. The Labute approximate surface area is 119 Å². The topological polar surface area (TPSA) is 30.5 Å². The molecule has 1 aliphatic heterocycles. The average Bonchev–Trinajstić information content (AvgIpc) is 2.38. The molecular formula is C16H33NO2. The standard InChI is InChI=1S/C16H33NO2/c1-6-10-17-14(13-9-8-11-18-12-13)15(19-7-2)16(3,4)5/h13-15,17H,6-12H2,1-5H3. The van der Waals surface area contributed by atoms with Gasteiger partial charge in [-0.15, -0.1) is 0 Å². The Balaban J connectivity index is 2.78. The van der Waals surface area contributed by atoms with Crippen LogP contribution in [0.1, 0.15) is 53.9 Å². The van der Waals surface area contributed by atoms with E-state index in [2.05, 4.69) is 39.9 Å². The minimum absolute atomic E-state index is 0.152. The summed E-state index contributed by atoms with van der Waals surface area (Å²) < 4.78 is 11.8. The third-order valence-corrected chi connectivity index (χ3v) is 3.86. The molecule has 0 saturated carbocycles. The molecule has 1 heterocycles. The molecule has 0 radical (unpaired) electrons. The van der Waals surface area contributed by atoms with Crippen LogP contribution in [-0.4, -0.2) is 38.5 Å². The van der Waals surface area contributed by atoms with Gasteiger partial charge in [-0.3, -0.25) is 0 Å². The number of hydrogen-bond acceptors (Lipinski definition) is 3. The molecule has 0 bridgehead atoms. The van der Waals surface area contributed by atoms with Gasteiger partial charge in [-0.1, -0.05) is 27.7 Å². The summed E-state index contributed by atoms with van der Waals surface area (Å²) in [6.45, 7) is 14.8. The van der Waals surface area contributed by atoms with Crippen LogP contribution in [0, 0.1) is 11.3 Å². The Hall–Kier alpha value is -0.120. The first kappa shape index (κ1) is 16.9. The zero-order valence-corrected chi connectivity index (χ0v) is 13.5. The van der Waals surface area contributed by atoms with Crippen molar-refractivity contribution in [1.82, 2.24) is 5.32 Å². The summed E-state index contributed by atoms with van der Waals surface area (Å²) in [4.78, 5) is 0. The van der Waals surface area contributed by atoms with Crippen LogP contribution < -0.4 is 5.32 Å². The molecule has 1 aliphatic rings. The van der Waals surface area contributed by atoms with Gasteiger partial charge in [0.1, 0.15) is 0 Å². The normalized spacial score (nSPS) is 24.2. The van der Waals surface area contributed by atoms with E-state index in [1.54, 1.807) is 0 Å². The van der Waals surface area contributed by atoms with Gasteiger partial charge in [0.05, 0.1) is 12.7 Å². The van der Waals surface area contributed by atoms with Crippen molar-refractivity contribution in [2.75, 3.05) is 26.4 Å². The molecule has 0 aliphatic carbocycles. The van der Waals surface area contributed by atoms with E-state index in [0.29, 0.717) is 12.0 Å². The number of hydrogen-bond donors (Lipinski definition) is 1. The zero-order valence-electron chi connectivity index (χ0n) is 13.5. The Morgan fingerprint density at radius 3 is 2.53 bits per heavy atom. The maximum Gasteiger partial charge on any atom is 0.0779 e. The number of rotatable bonds is 7. The van der Waals surface area contributed by atoms with Gasteiger partial charge < -0.3 is 14.8 Å². The summed E-state index contributed by atoms with van der Waals surface area (Å²) in [6, 6.07) is 0.403. The molecule has 19 heavy (non-hydrogen) atoms. The molecule has 0 aromatic heterocycles. The second-order valence-electron chi connectivity index (χ2n) is 6.70. The van der Waals surface area contributed by atoms with Gasteiger partial charge in [-0.2, -0.15) is 0 Å². The first-order chi connectivity index (χ1) is 9.00. The van der Waals surface area contributed by atoms with Crippen molar-refractivity contribution in [2.24, 2.45) is 11.3 Å². The maximum atomic E-state index is 6.10. The van der Waals surface area contributed by atoms with Gasteiger partial charge >= 0.3 is 0 Å². The lowest BCUT2D eigenvalue weighted by Gasteiger charge is -2.42. The molecule has 1 saturated heterocycles. The quantitative estimate of drug-likeness (QED) is 0.771. The minimum Gasteiger partial charge on any atom is -0.381 e. The molecule has 1 N–H and O–H groups in total. The molecule has 0 aromatic rings. The Morgan fingerprint density at radius 1 is 1.32 bits per heavy atom. The van der Waals surface area contributed by atoms with Crippen molar-refractivity contribution in [2.45, 2.75) is 66.0 Å². The lowest BCUT2D eigenvalue weighted by molar-refractivity contribution is -0.0688. The van der Waals surface area contributed by atoms with E-state index in [4.69, 9.17) is 9.47 Å². The van der Waals surface area contributed by atoms with Gasteiger partial charge in [-0.25, -0.2) is 0 Å². The predicted molar refractivity (Wildman–Crippen MR) is 80.5 cm³/mol. The third-order valence-electron chi connectivity index (χ3n) is 3.86. The highest BCUT2D eigenvalue weighted by Crippen LogP contribution is 2.31. The van der Waals surface area contributed by atoms with E-state index in [1.165, 1.54) is 12.8 Å². The van der Waals surface area contributed by atoms with Crippen LogP contribution in [0.15, 0.2) is 0 Å². The predicted octanol–water partition coefficient (Wildman–Crippen LogP) is 3.23. The van der Waals surface area contributed by atoms with Gasteiger partial charge in [0.2, 0.25) is 0 Å². The summed E-state index contributed by atoms with van der Waals surface area (Å²) in [5.41, 5.74) is 0.152. The van der Waals surface area contributed by atoms with Crippen LogP contribution >= 0.6 is 0 Å². The Morgan fingerprint density at radius 2 is 2.05 bits per heavy atom. The van der Waals surface area contributed by atoms with Crippen LogP contribution in [-0.2, 0) is 9.47 Å². The van der Waals surface area contributed by atoms with Crippen molar-refractivity contribution in [3.63, 3.8) is 0 Å². The van der Waals surface area contributed by atoms with Crippen molar-refractivity contribution in [3.8, 4) is 0 Å². The number of nitrogens with one attached hydrogen (secondary N) is 1. The molecule has 0 amide bonds. The van der Waals surface area contributed by atoms with Crippen LogP contribution in [0.2, 0.25) is 0 Å². The largest absolute Gasteiger partial charge is 0.381 e. The van der Waals surface area contributed by atoms with Gasteiger partial charge in [0.15, 0.2) is 0 Å². The molecule has 114 valence electrons. The van der Waals surface area contributed by atoms with E-state index in [0.717, 1.165) is 32.8 Å². The van der Waals surface area contributed by atoms with Gasteiger partial charge in [-0.05, 0) is 38.1 Å². The fraction of sp³-hybridized carbons (Fsp3) is 1.00. The lowest BCUT2D eigenvalue weighted by atomic mass is 9.78. The zero-order chi connectivity index (χ0) is 14.3. The average molecular weight is 271 g/mol. The highest BCUT2D eigenvalue weighted by atomic mass is 16.5. The summed E-state index contributed by atoms with van der Waals surface area (Å²) in [5.74, 6) is 0.580. The van der Waals surface area contributed by atoms with Crippen LogP contribution in [0.5, 0.6) is 0 Å². The molecule has 3 atom stereocenters. The molecule has 1 fully saturated rings. The summed E-state index contributed by atoms with van der Waals surface area (Å²) >= 11 is 0. The molecule has 3 nitrogen and oxygen atoms in total. The van der Waals surface area contributed by atoms with Crippen molar-refractivity contribution < 1.29 is 9.47 Å². The summed E-state index contributed by atoms with van der Waals surface area (Å²) in [6.07, 6.45) is 3.84. The Bertz CT molecular complexity index is 231. The maximum absolute atomic E-state index is 6.10. The van der Waals surface area contributed by atoms with E-state index in [-0.39, 0.29) is 11.5 Å². The van der Waals surface area contributed by atoms with Crippen molar-refractivity contribution in [1.29, 1.82) is 0 Å². The van der Waals surface area contributed by atoms with E-state index >= 15 is 0 Å². The molecule has 1 rings (SSSR count). The smallest absolute Gasteiger partial charge is 0.0779 e. The number of ether oxygens (including phenoxy) is 2. The molecule has 3 heteroatoms. The first-order valence-electron chi connectivity index (χ1n) is 7.93. The first-order valence-corrected chi connectivity index (χ1v) is 7.93. The van der Waals surface area contributed by atoms with E-state index in [9.17, 15) is 0 Å². The fourth-order valence-electron chi connectivity index (χ4n) is 2.95. The molecular weight excluding hydrogens is 238 g/mol. The third kappa shape index (κ3) is 5.41. The fourth-order valence-corrected chi connectivity index (χ4v) is 2.95. The van der Waals surface area contributed by atoms with E-state index < -0.39 is 0 Å². The molecule has 0 spiro atoms. The van der Waals surface area contributed by atoms with Crippen molar-refractivity contribution in [3.05, 3.63) is 0 Å². The van der Waals surface area contributed by atoms with Crippen LogP contribution in [0.3, 0.4) is 0 Å². The SMILES string of the molecule is CCCNC(C1CCCOC1)C(OCC)C(C)(C)C. The second-order valence-corrected chi connectivity index (χ2v) is 6.70. The van der Waals surface area contributed by atoms with Crippen LogP contribution in [0.25, 0.3) is 0 Å². The second kappa shape index (κ2) is 8.23. The summed E-state index contributed by atoms with van der Waals surface area (Å²) in [5, 5.41) is 3.73. The van der Waals surface area contributed by atoms with Crippen LogP contribution in [0.4, 0.5) is 0 Å². The monoisotopic (exact) mass is 271 g/mol. The van der Waals surface area contributed by atoms with Gasteiger partial charge in [0.25, 0.3) is 0 Å². The van der Waals surface area contributed by atoms with Crippen molar-refractivity contribution >= 4 is 0 Å². The minimum atomic E-state index is 0.152. The Kier molecular flexibility index (Phi) is 7.33.